The lowest BCUT2D eigenvalue weighted by atomic mass is 9.98. The first-order valence-electron chi connectivity index (χ1n) is 12.7. The molecule has 4 rings (SSSR count). The molecule has 1 aromatic heterocycles. The third-order valence-electron chi connectivity index (χ3n) is 6.89. The van der Waals surface area contributed by atoms with Gasteiger partial charge in [-0.05, 0) is 38.5 Å². The first-order chi connectivity index (χ1) is 17.8. The molecule has 37 heavy (non-hydrogen) atoms. The molecule has 10 heteroatoms. The molecule has 9 nitrogen and oxygen atoms in total. The van der Waals surface area contributed by atoms with Gasteiger partial charge in [-0.2, -0.15) is 0 Å². The summed E-state index contributed by atoms with van der Waals surface area (Å²) in [5, 5.41) is 11.3. The van der Waals surface area contributed by atoms with Crippen LogP contribution in [-0.2, 0) is 20.9 Å². The lowest BCUT2D eigenvalue weighted by Crippen LogP contribution is -2.52. The van der Waals surface area contributed by atoms with Crippen molar-refractivity contribution in [3.05, 3.63) is 59.9 Å². The van der Waals surface area contributed by atoms with Gasteiger partial charge in [-0.25, -0.2) is 9.07 Å². The van der Waals surface area contributed by atoms with Crippen molar-refractivity contribution < 1.29 is 18.7 Å². The third-order valence-corrected chi connectivity index (χ3v) is 6.89. The number of aromatic nitrogens is 3. The summed E-state index contributed by atoms with van der Waals surface area (Å²) in [4.78, 5) is 31.3. The van der Waals surface area contributed by atoms with Gasteiger partial charge in [0.2, 0.25) is 11.8 Å². The predicted molar refractivity (Wildman–Crippen MR) is 138 cm³/mol. The molecule has 2 aromatic carbocycles. The zero-order chi connectivity index (χ0) is 26.4. The summed E-state index contributed by atoms with van der Waals surface area (Å²) < 4.78 is 22.1. The van der Waals surface area contributed by atoms with Gasteiger partial charge in [0, 0.05) is 37.3 Å². The van der Waals surface area contributed by atoms with Gasteiger partial charge < -0.3 is 15.0 Å². The predicted octanol–water partition coefficient (Wildman–Crippen LogP) is 2.78. The number of fused-ring (bicyclic) bond motifs is 1. The van der Waals surface area contributed by atoms with Gasteiger partial charge in [-0.15, -0.1) is 5.10 Å². The second-order valence-corrected chi connectivity index (χ2v) is 9.93. The number of hydrogen-bond donors (Lipinski definition) is 1. The summed E-state index contributed by atoms with van der Waals surface area (Å²) in [6.45, 7) is 9.11. The summed E-state index contributed by atoms with van der Waals surface area (Å²) in [5.41, 5.74) is 1.01. The molecule has 1 atom stereocenters. The van der Waals surface area contributed by atoms with E-state index in [0.717, 1.165) is 13.1 Å². The van der Waals surface area contributed by atoms with Crippen LogP contribution in [0.25, 0.3) is 11.0 Å². The first kappa shape index (κ1) is 26.7. The molecule has 1 aliphatic rings. The summed E-state index contributed by atoms with van der Waals surface area (Å²) in [7, 11) is 0. The number of hydrogen-bond acceptors (Lipinski definition) is 6. The van der Waals surface area contributed by atoms with Crippen LogP contribution in [-0.4, -0.2) is 81.5 Å². The molecular weight excluding hydrogens is 475 g/mol. The van der Waals surface area contributed by atoms with Gasteiger partial charge in [-0.1, -0.05) is 42.5 Å². The average Bonchev–Trinajstić information content (AvgIpc) is 3.30. The lowest BCUT2D eigenvalue weighted by Gasteiger charge is -2.36. The van der Waals surface area contributed by atoms with Crippen molar-refractivity contribution in [2.75, 3.05) is 39.4 Å². The minimum absolute atomic E-state index is 0.126. The average molecular weight is 511 g/mol. The zero-order valence-corrected chi connectivity index (χ0v) is 21.7. The third kappa shape index (κ3) is 6.50. The quantitative estimate of drug-likeness (QED) is 0.451. The zero-order valence-electron chi connectivity index (χ0n) is 21.7. The molecule has 2 amide bonds. The van der Waals surface area contributed by atoms with Gasteiger partial charge in [0.25, 0.3) is 0 Å². The Hall–Kier alpha value is -3.37. The summed E-state index contributed by atoms with van der Waals surface area (Å²) >= 11 is 0. The number of ether oxygens (including phenoxy) is 1. The molecule has 1 saturated heterocycles. The minimum Gasteiger partial charge on any atom is -0.379 e. The van der Waals surface area contributed by atoms with Crippen LogP contribution >= 0.6 is 0 Å². The monoisotopic (exact) mass is 510 g/mol. The van der Waals surface area contributed by atoms with Crippen LogP contribution in [0.4, 0.5) is 4.39 Å². The van der Waals surface area contributed by atoms with Gasteiger partial charge in [0.05, 0.1) is 18.7 Å². The van der Waals surface area contributed by atoms with E-state index in [1.165, 1.54) is 15.6 Å². The van der Waals surface area contributed by atoms with Crippen molar-refractivity contribution in [1.29, 1.82) is 0 Å². The molecule has 3 aromatic rings. The van der Waals surface area contributed by atoms with Crippen LogP contribution in [0.2, 0.25) is 0 Å². The molecule has 1 N–H and O–H groups in total. The minimum atomic E-state index is -1.14. The van der Waals surface area contributed by atoms with E-state index < -0.39 is 23.3 Å². The topological polar surface area (TPSA) is 92.6 Å². The number of halogens is 1. The number of nitrogens with zero attached hydrogens (tertiary/aromatic N) is 5. The van der Waals surface area contributed by atoms with E-state index in [9.17, 15) is 9.59 Å². The molecule has 0 spiro atoms. The Labute approximate surface area is 216 Å². The fourth-order valence-corrected chi connectivity index (χ4v) is 4.36. The standard InChI is InChI=1S/C27H35FN6O3/c1-4-27(2,3)29-26(36)25(20-9-5-6-10-21(20)28)33(14-13-32-15-17-37-18-16-32)24(35)19-34-23-12-8-7-11-22(23)30-31-34/h5-12,25H,4,13-19H2,1-3H3,(H,29,36)/t25-/m0/s1. The highest BCUT2D eigenvalue weighted by Gasteiger charge is 2.36. The Kier molecular flexibility index (Phi) is 8.50. The highest BCUT2D eigenvalue weighted by Crippen LogP contribution is 2.26. The highest BCUT2D eigenvalue weighted by molar-refractivity contribution is 5.89. The van der Waals surface area contributed by atoms with Crippen LogP contribution in [0.3, 0.4) is 0 Å². The Bertz CT molecular complexity index is 1220. The molecule has 0 radical (unpaired) electrons. The lowest BCUT2D eigenvalue weighted by molar-refractivity contribution is -0.142. The Morgan fingerprint density at radius 2 is 1.84 bits per heavy atom. The molecule has 0 saturated carbocycles. The van der Waals surface area contributed by atoms with Crippen molar-refractivity contribution >= 4 is 22.8 Å². The number of para-hydroxylation sites is 1. The fourth-order valence-electron chi connectivity index (χ4n) is 4.36. The molecule has 2 heterocycles. The van der Waals surface area contributed by atoms with E-state index in [4.69, 9.17) is 4.74 Å². The van der Waals surface area contributed by atoms with E-state index in [1.54, 1.807) is 18.2 Å². The first-order valence-corrected chi connectivity index (χ1v) is 12.7. The highest BCUT2D eigenvalue weighted by atomic mass is 19.1. The Morgan fingerprint density at radius 3 is 2.57 bits per heavy atom. The van der Waals surface area contributed by atoms with Crippen LogP contribution in [0.5, 0.6) is 0 Å². The van der Waals surface area contributed by atoms with Crippen LogP contribution < -0.4 is 5.32 Å². The second kappa shape index (κ2) is 11.8. The number of morpholine rings is 1. The molecule has 0 aliphatic carbocycles. The maximum atomic E-state index is 15.1. The number of rotatable bonds is 10. The van der Waals surface area contributed by atoms with Crippen molar-refractivity contribution in [1.82, 2.24) is 30.1 Å². The number of amides is 2. The Morgan fingerprint density at radius 1 is 1.14 bits per heavy atom. The Balaban J connectivity index is 1.69. The molecule has 0 unspecified atom stereocenters. The number of carbonyl (C=O) groups excluding carboxylic acids is 2. The maximum absolute atomic E-state index is 15.1. The van der Waals surface area contributed by atoms with E-state index in [0.29, 0.717) is 37.2 Å². The SMILES string of the molecule is CCC(C)(C)NC(=O)[C@H](c1ccccc1F)N(CCN1CCOCC1)C(=O)Cn1nnc2ccccc21. The maximum Gasteiger partial charge on any atom is 0.247 e. The van der Waals surface area contributed by atoms with Crippen LogP contribution in [0.15, 0.2) is 48.5 Å². The number of benzene rings is 2. The van der Waals surface area contributed by atoms with Crippen molar-refractivity contribution in [2.24, 2.45) is 0 Å². The van der Waals surface area contributed by atoms with E-state index in [2.05, 4.69) is 20.5 Å². The normalized spacial score (nSPS) is 15.5. The molecule has 1 fully saturated rings. The van der Waals surface area contributed by atoms with Crippen LogP contribution in [0.1, 0.15) is 38.8 Å². The van der Waals surface area contributed by atoms with E-state index >= 15 is 4.39 Å². The van der Waals surface area contributed by atoms with Gasteiger partial charge in [-0.3, -0.25) is 14.5 Å². The summed E-state index contributed by atoms with van der Waals surface area (Å²) in [6.07, 6.45) is 0.676. The second-order valence-electron chi connectivity index (χ2n) is 9.93. The smallest absolute Gasteiger partial charge is 0.247 e. The summed E-state index contributed by atoms with van der Waals surface area (Å²) in [5.74, 6) is -1.30. The molecular formula is C27H35FN6O3. The van der Waals surface area contributed by atoms with E-state index in [1.807, 2.05) is 45.0 Å². The van der Waals surface area contributed by atoms with Crippen LogP contribution in [0, 0.1) is 5.82 Å². The fraction of sp³-hybridized carbons (Fsp3) is 0.481. The number of nitrogens with one attached hydrogen (secondary N) is 1. The molecule has 1 aliphatic heterocycles. The van der Waals surface area contributed by atoms with E-state index in [-0.39, 0.29) is 24.6 Å². The van der Waals surface area contributed by atoms with Gasteiger partial charge in [0.1, 0.15) is 23.9 Å². The van der Waals surface area contributed by atoms with Crippen molar-refractivity contribution in [3.8, 4) is 0 Å². The molecule has 198 valence electrons. The van der Waals surface area contributed by atoms with Gasteiger partial charge >= 0.3 is 0 Å². The molecule has 0 bridgehead atoms. The van der Waals surface area contributed by atoms with Gasteiger partial charge in [0.15, 0.2) is 0 Å². The van der Waals surface area contributed by atoms with Crippen molar-refractivity contribution in [3.63, 3.8) is 0 Å². The number of carbonyl (C=O) groups is 2. The summed E-state index contributed by atoms with van der Waals surface area (Å²) in [6, 6.07) is 12.4. The van der Waals surface area contributed by atoms with Crippen molar-refractivity contribution in [2.45, 2.75) is 45.3 Å². The largest absolute Gasteiger partial charge is 0.379 e.